The molecule has 0 bridgehead atoms. The van der Waals surface area contributed by atoms with Crippen LogP contribution in [0.4, 0.5) is 0 Å². The van der Waals surface area contributed by atoms with Gasteiger partial charge in [0.05, 0.1) is 0 Å². The number of nitrogens with two attached hydrogens (primary N) is 1. The van der Waals surface area contributed by atoms with E-state index in [4.69, 9.17) is 5.73 Å². The lowest BCUT2D eigenvalue weighted by Crippen LogP contribution is -2.43. The van der Waals surface area contributed by atoms with Crippen molar-refractivity contribution in [3.8, 4) is 0 Å². The van der Waals surface area contributed by atoms with Crippen molar-refractivity contribution in [3.63, 3.8) is 0 Å². The lowest BCUT2D eigenvalue weighted by Gasteiger charge is -2.38. The van der Waals surface area contributed by atoms with Gasteiger partial charge in [-0.3, -0.25) is 4.90 Å². The molecule has 1 aliphatic rings. The first-order valence-corrected chi connectivity index (χ1v) is 7.07. The second-order valence-electron chi connectivity index (χ2n) is 5.38. The third kappa shape index (κ3) is 2.56. The summed E-state index contributed by atoms with van der Waals surface area (Å²) in [4.78, 5) is 2.55. The Labute approximate surface area is 112 Å². The lowest BCUT2D eigenvalue weighted by molar-refractivity contribution is 0.119. The van der Waals surface area contributed by atoms with Crippen molar-refractivity contribution in [2.45, 2.75) is 38.3 Å². The number of likely N-dealkylation sites (tertiary alicyclic amines) is 1. The summed E-state index contributed by atoms with van der Waals surface area (Å²) >= 11 is 3.64. The fraction of sp³-hybridized carbons (Fsp3) is 0.571. The number of nitrogens with zero attached hydrogens (tertiary/aromatic N) is 1. The quantitative estimate of drug-likeness (QED) is 0.927. The van der Waals surface area contributed by atoms with Crippen molar-refractivity contribution in [3.05, 3.63) is 34.3 Å². The molecule has 94 valence electrons. The van der Waals surface area contributed by atoms with E-state index >= 15 is 0 Å². The van der Waals surface area contributed by atoms with Crippen molar-refractivity contribution >= 4 is 15.9 Å². The topological polar surface area (TPSA) is 29.3 Å². The van der Waals surface area contributed by atoms with Gasteiger partial charge in [0.1, 0.15) is 0 Å². The summed E-state index contributed by atoms with van der Waals surface area (Å²) in [7, 11) is 0. The normalized spacial score (nSPS) is 21.6. The van der Waals surface area contributed by atoms with Gasteiger partial charge in [-0.1, -0.05) is 34.1 Å². The predicted octanol–water partition coefficient (Wildman–Crippen LogP) is 3.32. The third-order valence-electron chi connectivity index (χ3n) is 3.83. The van der Waals surface area contributed by atoms with Crippen molar-refractivity contribution in [2.75, 3.05) is 13.1 Å². The number of hydrogen-bond acceptors (Lipinski definition) is 2. The predicted molar refractivity (Wildman–Crippen MR) is 76.0 cm³/mol. The smallest absolute Gasteiger partial charge is 0.0486 e. The molecule has 17 heavy (non-hydrogen) atoms. The molecule has 1 heterocycles. The minimum Gasteiger partial charge on any atom is -0.329 e. The SMILES string of the molecule is CC1(C)CCCN1C(CN)c1ccccc1Br. The third-order valence-corrected chi connectivity index (χ3v) is 4.55. The second-order valence-corrected chi connectivity index (χ2v) is 6.24. The Hall–Kier alpha value is -0.380. The molecule has 3 heteroatoms. The Balaban J connectivity index is 2.31. The van der Waals surface area contributed by atoms with Gasteiger partial charge in [0.15, 0.2) is 0 Å². The molecule has 1 aromatic rings. The highest BCUT2D eigenvalue weighted by Gasteiger charge is 2.37. The van der Waals surface area contributed by atoms with Crippen LogP contribution in [-0.2, 0) is 0 Å². The first-order chi connectivity index (χ1) is 8.06. The van der Waals surface area contributed by atoms with Crippen LogP contribution in [-0.4, -0.2) is 23.5 Å². The van der Waals surface area contributed by atoms with E-state index in [1.807, 2.05) is 0 Å². The zero-order valence-corrected chi connectivity index (χ0v) is 12.2. The van der Waals surface area contributed by atoms with E-state index in [9.17, 15) is 0 Å². The Morgan fingerprint density at radius 1 is 1.41 bits per heavy atom. The van der Waals surface area contributed by atoms with Gasteiger partial charge in [-0.05, 0) is 44.9 Å². The van der Waals surface area contributed by atoms with Crippen LogP contribution < -0.4 is 5.73 Å². The molecule has 0 amide bonds. The molecule has 1 saturated heterocycles. The number of rotatable bonds is 3. The Kier molecular flexibility index (Phi) is 3.91. The molecule has 1 aromatic carbocycles. The van der Waals surface area contributed by atoms with Crippen LogP contribution in [0.5, 0.6) is 0 Å². The Morgan fingerprint density at radius 2 is 2.12 bits per heavy atom. The van der Waals surface area contributed by atoms with Crippen LogP contribution in [0.2, 0.25) is 0 Å². The van der Waals surface area contributed by atoms with Crippen LogP contribution >= 0.6 is 15.9 Å². The maximum absolute atomic E-state index is 6.01. The largest absolute Gasteiger partial charge is 0.329 e. The van der Waals surface area contributed by atoms with Gasteiger partial charge in [-0.2, -0.15) is 0 Å². The van der Waals surface area contributed by atoms with Crippen LogP contribution in [0.1, 0.15) is 38.3 Å². The Bertz CT molecular complexity index is 390. The Morgan fingerprint density at radius 3 is 2.65 bits per heavy atom. The molecule has 0 aromatic heterocycles. The van der Waals surface area contributed by atoms with Gasteiger partial charge in [-0.25, -0.2) is 0 Å². The summed E-state index contributed by atoms with van der Waals surface area (Å²) in [6.45, 7) is 6.46. The van der Waals surface area contributed by atoms with E-state index in [0.29, 0.717) is 12.6 Å². The first-order valence-electron chi connectivity index (χ1n) is 6.27. The molecule has 1 aliphatic heterocycles. The van der Waals surface area contributed by atoms with Crippen LogP contribution in [0.15, 0.2) is 28.7 Å². The number of halogens is 1. The molecule has 2 rings (SSSR count). The molecule has 0 radical (unpaired) electrons. The fourth-order valence-corrected chi connectivity index (χ4v) is 3.42. The van der Waals surface area contributed by atoms with E-state index in [2.05, 4.69) is 58.9 Å². The fourth-order valence-electron chi connectivity index (χ4n) is 2.87. The minimum atomic E-state index is 0.263. The highest BCUT2D eigenvalue weighted by Crippen LogP contribution is 2.37. The molecule has 2 nitrogen and oxygen atoms in total. The average molecular weight is 297 g/mol. The van der Waals surface area contributed by atoms with E-state index in [0.717, 1.165) is 11.0 Å². The zero-order chi connectivity index (χ0) is 12.5. The van der Waals surface area contributed by atoms with Gasteiger partial charge in [0.25, 0.3) is 0 Å². The molecule has 1 fully saturated rings. The second kappa shape index (κ2) is 5.09. The van der Waals surface area contributed by atoms with Crippen molar-refractivity contribution < 1.29 is 0 Å². The zero-order valence-electron chi connectivity index (χ0n) is 10.6. The molecular formula is C14H21BrN2. The summed E-state index contributed by atoms with van der Waals surface area (Å²) in [5.74, 6) is 0. The van der Waals surface area contributed by atoms with Crippen LogP contribution in [0, 0.1) is 0 Å². The molecular weight excluding hydrogens is 276 g/mol. The van der Waals surface area contributed by atoms with E-state index < -0.39 is 0 Å². The van der Waals surface area contributed by atoms with Crippen molar-refractivity contribution in [1.82, 2.24) is 4.90 Å². The highest BCUT2D eigenvalue weighted by molar-refractivity contribution is 9.10. The van der Waals surface area contributed by atoms with Gasteiger partial charge in [0.2, 0.25) is 0 Å². The molecule has 1 unspecified atom stereocenters. The summed E-state index contributed by atoms with van der Waals surface area (Å²) in [5, 5.41) is 0. The monoisotopic (exact) mass is 296 g/mol. The van der Waals surface area contributed by atoms with Gasteiger partial charge in [0, 0.05) is 22.6 Å². The molecule has 0 saturated carbocycles. The van der Waals surface area contributed by atoms with Crippen molar-refractivity contribution in [1.29, 1.82) is 0 Å². The molecule has 2 N–H and O–H groups in total. The highest BCUT2D eigenvalue weighted by atomic mass is 79.9. The van der Waals surface area contributed by atoms with Crippen LogP contribution in [0.3, 0.4) is 0 Å². The minimum absolute atomic E-state index is 0.263. The van der Waals surface area contributed by atoms with Crippen LogP contribution in [0.25, 0.3) is 0 Å². The van der Waals surface area contributed by atoms with Gasteiger partial charge in [-0.15, -0.1) is 0 Å². The summed E-state index contributed by atoms with van der Waals surface area (Å²) in [5.41, 5.74) is 7.59. The first kappa shape index (κ1) is 13.1. The van der Waals surface area contributed by atoms with E-state index in [-0.39, 0.29) is 5.54 Å². The van der Waals surface area contributed by atoms with Gasteiger partial charge < -0.3 is 5.73 Å². The van der Waals surface area contributed by atoms with Crippen molar-refractivity contribution in [2.24, 2.45) is 5.73 Å². The summed E-state index contributed by atoms with van der Waals surface area (Å²) in [6, 6.07) is 8.74. The number of hydrogen-bond donors (Lipinski definition) is 1. The van der Waals surface area contributed by atoms with E-state index in [1.165, 1.54) is 18.4 Å². The summed E-state index contributed by atoms with van der Waals surface area (Å²) in [6.07, 6.45) is 2.53. The average Bonchev–Trinajstić information content (AvgIpc) is 2.63. The summed E-state index contributed by atoms with van der Waals surface area (Å²) < 4.78 is 1.16. The molecule has 0 spiro atoms. The lowest BCUT2D eigenvalue weighted by atomic mass is 9.97. The number of benzene rings is 1. The molecule has 0 aliphatic carbocycles. The van der Waals surface area contributed by atoms with Gasteiger partial charge >= 0.3 is 0 Å². The van der Waals surface area contributed by atoms with E-state index in [1.54, 1.807) is 0 Å². The maximum Gasteiger partial charge on any atom is 0.0486 e. The molecule has 1 atom stereocenters. The maximum atomic E-state index is 6.01. The standard InChI is InChI=1S/C14H21BrN2/c1-14(2)8-5-9-17(14)13(10-16)11-6-3-4-7-12(11)15/h3-4,6-7,13H,5,8-10,16H2,1-2H3.